The van der Waals surface area contributed by atoms with Crippen molar-refractivity contribution in [3.8, 4) is 0 Å². The van der Waals surface area contributed by atoms with Crippen LogP contribution in [0.3, 0.4) is 0 Å². The third-order valence-electron chi connectivity index (χ3n) is 4.32. The number of aryl methyl sites for hydroxylation is 1. The Bertz CT molecular complexity index is 537. The summed E-state index contributed by atoms with van der Waals surface area (Å²) in [5, 5.41) is 11.7. The first-order valence-electron chi connectivity index (χ1n) is 8.89. The molecule has 1 saturated heterocycles. The number of carboxylic acids is 1. The van der Waals surface area contributed by atoms with Gasteiger partial charge in [-0.15, -0.1) is 0 Å². The fourth-order valence-corrected chi connectivity index (χ4v) is 2.73. The van der Waals surface area contributed by atoms with Crippen molar-refractivity contribution in [3.63, 3.8) is 0 Å². The highest BCUT2D eigenvalue weighted by molar-refractivity contribution is 5.87. The molecular weight excluding hydrogens is 322 g/mol. The first kappa shape index (κ1) is 19.4. The van der Waals surface area contributed by atoms with Crippen LogP contribution in [0.4, 0.5) is 0 Å². The molecule has 1 aliphatic rings. The molecule has 0 bridgehead atoms. The summed E-state index contributed by atoms with van der Waals surface area (Å²) in [5.74, 6) is -0.328. The maximum absolute atomic E-state index is 11.8. The zero-order valence-corrected chi connectivity index (χ0v) is 14.5. The Morgan fingerprint density at radius 2 is 1.92 bits per heavy atom. The maximum atomic E-state index is 11.8. The smallest absolute Gasteiger partial charge is 0.335 e. The number of hydrogen-bond acceptors (Lipinski definition) is 4. The van der Waals surface area contributed by atoms with Crippen LogP contribution in [0, 0.1) is 5.92 Å². The lowest BCUT2D eigenvalue weighted by molar-refractivity contribution is -0.121. The minimum Gasteiger partial charge on any atom is -0.478 e. The van der Waals surface area contributed by atoms with Crippen molar-refractivity contribution in [1.82, 2.24) is 5.32 Å². The molecule has 0 spiro atoms. The van der Waals surface area contributed by atoms with Crippen LogP contribution in [0.15, 0.2) is 24.3 Å². The molecule has 0 atom stereocenters. The quantitative estimate of drug-likeness (QED) is 0.633. The van der Waals surface area contributed by atoms with E-state index in [2.05, 4.69) is 5.32 Å². The van der Waals surface area contributed by atoms with Gasteiger partial charge in [-0.3, -0.25) is 4.79 Å². The normalized spacial score (nSPS) is 15.0. The summed E-state index contributed by atoms with van der Waals surface area (Å²) in [7, 11) is 0. The van der Waals surface area contributed by atoms with E-state index in [0.717, 1.165) is 44.6 Å². The third kappa shape index (κ3) is 7.67. The molecule has 1 fully saturated rings. The Balaban J connectivity index is 1.50. The van der Waals surface area contributed by atoms with Gasteiger partial charge in [0.2, 0.25) is 5.91 Å². The second kappa shape index (κ2) is 10.8. The molecule has 0 unspecified atom stereocenters. The van der Waals surface area contributed by atoms with Crippen molar-refractivity contribution in [3.05, 3.63) is 35.4 Å². The van der Waals surface area contributed by atoms with Gasteiger partial charge in [-0.05, 0) is 49.3 Å². The summed E-state index contributed by atoms with van der Waals surface area (Å²) in [6, 6.07) is 6.62. The molecule has 1 aromatic rings. The number of nitrogens with one attached hydrogen (secondary N) is 1. The van der Waals surface area contributed by atoms with Crippen molar-refractivity contribution in [2.45, 2.75) is 32.1 Å². The summed E-state index contributed by atoms with van der Waals surface area (Å²) in [5.41, 5.74) is 1.22. The van der Waals surface area contributed by atoms with Gasteiger partial charge in [-0.25, -0.2) is 4.79 Å². The molecule has 138 valence electrons. The summed E-state index contributed by atoms with van der Waals surface area (Å²) < 4.78 is 11.0. The predicted octanol–water partition coefficient (Wildman–Crippen LogP) is 2.27. The molecule has 1 aliphatic heterocycles. The first-order valence-corrected chi connectivity index (χ1v) is 8.89. The summed E-state index contributed by atoms with van der Waals surface area (Å²) in [6.45, 7) is 3.73. The number of carboxylic acid groups (broad SMARTS) is 1. The number of ether oxygens (including phenoxy) is 2. The molecule has 0 radical (unpaired) electrons. The average molecular weight is 349 g/mol. The second-order valence-electron chi connectivity index (χ2n) is 6.34. The number of carbonyl (C=O) groups excluding carboxylic acids is 1. The van der Waals surface area contributed by atoms with Crippen LogP contribution in [0.1, 0.15) is 41.6 Å². The largest absolute Gasteiger partial charge is 0.478 e. The summed E-state index contributed by atoms with van der Waals surface area (Å²) in [6.07, 6.45) is 3.96. The highest BCUT2D eigenvalue weighted by Crippen LogP contribution is 2.14. The third-order valence-corrected chi connectivity index (χ3v) is 4.32. The number of hydrogen-bond donors (Lipinski definition) is 2. The zero-order valence-electron chi connectivity index (χ0n) is 14.5. The average Bonchev–Trinajstić information content (AvgIpc) is 2.64. The molecule has 25 heavy (non-hydrogen) atoms. The molecule has 0 aliphatic carbocycles. The molecule has 1 aromatic carbocycles. The predicted molar refractivity (Wildman–Crippen MR) is 93.7 cm³/mol. The van der Waals surface area contributed by atoms with Gasteiger partial charge in [0.25, 0.3) is 0 Å². The van der Waals surface area contributed by atoms with Crippen LogP contribution in [-0.4, -0.2) is 50.0 Å². The number of aromatic carboxylic acids is 1. The van der Waals surface area contributed by atoms with E-state index in [1.807, 2.05) is 0 Å². The lowest BCUT2D eigenvalue weighted by Gasteiger charge is -2.21. The second-order valence-corrected chi connectivity index (χ2v) is 6.34. The highest BCUT2D eigenvalue weighted by Gasteiger charge is 2.13. The Hall–Kier alpha value is -1.92. The van der Waals surface area contributed by atoms with Gasteiger partial charge in [0.05, 0.1) is 5.56 Å². The maximum Gasteiger partial charge on any atom is 0.335 e. The van der Waals surface area contributed by atoms with Crippen LogP contribution in [0.25, 0.3) is 0 Å². The Labute approximate surface area is 148 Å². The minimum absolute atomic E-state index is 0.00624. The molecule has 6 heteroatoms. The lowest BCUT2D eigenvalue weighted by Crippen LogP contribution is -2.26. The fourth-order valence-electron chi connectivity index (χ4n) is 2.73. The van der Waals surface area contributed by atoms with Crippen LogP contribution in [-0.2, 0) is 20.7 Å². The molecular formula is C19H27NO5. The topological polar surface area (TPSA) is 84.9 Å². The van der Waals surface area contributed by atoms with E-state index in [0.29, 0.717) is 31.9 Å². The molecule has 1 heterocycles. The van der Waals surface area contributed by atoms with Gasteiger partial charge in [-0.2, -0.15) is 0 Å². The summed E-state index contributed by atoms with van der Waals surface area (Å²) >= 11 is 0. The summed E-state index contributed by atoms with van der Waals surface area (Å²) in [4.78, 5) is 22.6. The first-order chi connectivity index (χ1) is 12.1. The molecule has 2 rings (SSSR count). The van der Waals surface area contributed by atoms with Crippen LogP contribution >= 0.6 is 0 Å². The van der Waals surface area contributed by atoms with E-state index < -0.39 is 5.97 Å². The van der Waals surface area contributed by atoms with Gasteiger partial charge in [-0.1, -0.05) is 12.1 Å². The number of amides is 1. The van der Waals surface area contributed by atoms with Crippen molar-refractivity contribution < 1.29 is 24.2 Å². The van der Waals surface area contributed by atoms with Gasteiger partial charge < -0.3 is 19.9 Å². The Kier molecular flexibility index (Phi) is 8.42. The van der Waals surface area contributed by atoms with E-state index >= 15 is 0 Å². The van der Waals surface area contributed by atoms with Crippen LogP contribution < -0.4 is 5.32 Å². The van der Waals surface area contributed by atoms with Crippen molar-refractivity contribution in [2.75, 3.05) is 33.0 Å². The number of carbonyl (C=O) groups is 2. The number of rotatable bonds is 10. The van der Waals surface area contributed by atoms with Gasteiger partial charge >= 0.3 is 5.97 Å². The fraction of sp³-hybridized carbons (Fsp3) is 0.579. The molecule has 2 N–H and O–H groups in total. The molecule has 0 saturated carbocycles. The lowest BCUT2D eigenvalue weighted by atomic mass is 10.0. The monoisotopic (exact) mass is 349 g/mol. The Morgan fingerprint density at radius 3 is 2.60 bits per heavy atom. The van der Waals surface area contributed by atoms with Crippen molar-refractivity contribution in [1.29, 1.82) is 0 Å². The highest BCUT2D eigenvalue weighted by atomic mass is 16.5. The van der Waals surface area contributed by atoms with E-state index in [-0.39, 0.29) is 11.5 Å². The number of benzene rings is 1. The van der Waals surface area contributed by atoms with E-state index in [4.69, 9.17) is 14.6 Å². The molecule has 1 amide bonds. The molecule has 0 aromatic heterocycles. The van der Waals surface area contributed by atoms with Crippen LogP contribution in [0.5, 0.6) is 0 Å². The standard InChI is InChI=1S/C19H27NO5/c21-18(7-4-15-2-5-17(6-3-15)19(22)23)20-10-1-11-25-14-16-8-12-24-13-9-16/h2-3,5-6,16H,1,4,7-14H2,(H,20,21)(H,22,23). The van der Waals surface area contributed by atoms with E-state index in [1.54, 1.807) is 24.3 Å². The van der Waals surface area contributed by atoms with Gasteiger partial charge in [0.1, 0.15) is 0 Å². The van der Waals surface area contributed by atoms with Crippen LogP contribution in [0.2, 0.25) is 0 Å². The zero-order chi connectivity index (χ0) is 17.9. The Morgan fingerprint density at radius 1 is 1.20 bits per heavy atom. The van der Waals surface area contributed by atoms with Crippen molar-refractivity contribution >= 4 is 11.9 Å². The van der Waals surface area contributed by atoms with Gasteiger partial charge in [0.15, 0.2) is 0 Å². The minimum atomic E-state index is -0.941. The van der Waals surface area contributed by atoms with Gasteiger partial charge in [0, 0.05) is 39.4 Å². The SMILES string of the molecule is O=C(CCc1ccc(C(=O)O)cc1)NCCCOCC1CCOCC1. The molecule has 6 nitrogen and oxygen atoms in total. The van der Waals surface area contributed by atoms with E-state index in [9.17, 15) is 9.59 Å². The van der Waals surface area contributed by atoms with Crippen molar-refractivity contribution in [2.24, 2.45) is 5.92 Å². The van der Waals surface area contributed by atoms with E-state index in [1.165, 1.54) is 0 Å².